The summed E-state index contributed by atoms with van der Waals surface area (Å²) in [6, 6.07) is 17.8. The minimum Gasteiger partial charge on any atom is -0.259 e. The Kier molecular flexibility index (Phi) is 3.14. The van der Waals surface area contributed by atoms with Crippen LogP contribution in [0.25, 0.3) is 10.8 Å². The number of nitrogens with zero attached hydrogens (tertiary/aromatic N) is 3. The van der Waals surface area contributed by atoms with Gasteiger partial charge in [0.1, 0.15) is 0 Å². The highest BCUT2D eigenvalue weighted by atomic mass is 15.3. The first-order valence-electron chi connectivity index (χ1n) is 5.98. The molecule has 1 heterocycles. The van der Waals surface area contributed by atoms with Gasteiger partial charge in [0.05, 0.1) is 12.4 Å². The van der Waals surface area contributed by atoms with Crippen molar-refractivity contribution in [3.05, 3.63) is 66.4 Å². The second kappa shape index (κ2) is 5.27. The van der Waals surface area contributed by atoms with Gasteiger partial charge in [-0.15, -0.1) is 5.10 Å². The van der Waals surface area contributed by atoms with E-state index in [1.54, 1.807) is 12.4 Å². The molecule has 0 spiro atoms. The fourth-order valence-electron chi connectivity index (χ4n) is 1.82. The van der Waals surface area contributed by atoms with Gasteiger partial charge in [-0.1, -0.05) is 54.6 Å². The number of nitrogens with one attached hydrogen (secondary N) is 1. The van der Waals surface area contributed by atoms with E-state index in [2.05, 4.69) is 20.7 Å². The predicted molar refractivity (Wildman–Crippen MR) is 77.2 cm³/mol. The number of hydrogen-bond acceptors (Lipinski definition) is 4. The second-order valence-electron chi connectivity index (χ2n) is 4.06. The van der Waals surface area contributed by atoms with Crippen LogP contribution in [0.1, 0.15) is 5.56 Å². The van der Waals surface area contributed by atoms with E-state index in [1.807, 2.05) is 54.6 Å². The molecule has 0 bridgehead atoms. The lowest BCUT2D eigenvalue weighted by molar-refractivity contribution is 1.04. The fraction of sp³-hybridized carbons (Fsp3) is 0. The van der Waals surface area contributed by atoms with Crippen molar-refractivity contribution in [2.24, 2.45) is 5.10 Å². The van der Waals surface area contributed by atoms with Gasteiger partial charge in [-0.2, -0.15) is 10.2 Å². The molecule has 0 aliphatic rings. The maximum atomic E-state index is 4.18. The maximum absolute atomic E-state index is 4.18. The topological polar surface area (TPSA) is 50.2 Å². The molecule has 1 aromatic heterocycles. The summed E-state index contributed by atoms with van der Waals surface area (Å²) in [5, 5.41) is 14.2. The van der Waals surface area contributed by atoms with Crippen molar-refractivity contribution in [3.8, 4) is 0 Å². The highest BCUT2D eigenvalue weighted by Crippen LogP contribution is 2.18. The van der Waals surface area contributed by atoms with Gasteiger partial charge in [0, 0.05) is 10.8 Å². The van der Waals surface area contributed by atoms with Crippen LogP contribution in [0.2, 0.25) is 0 Å². The van der Waals surface area contributed by atoms with Crippen molar-refractivity contribution in [2.75, 3.05) is 5.43 Å². The predicted octanol–water partition coefficient (Wildman–Crippen LogP) is 3.08. The van der Waals surface area contributed by atoms with E-state index < -0.39 is 0 Å². The van der Waals surface area contributed by atoms with Crippen LogP contribution in [-0.2, 0) is 0 Å². The summed E-state index contributed by atoms with van der Waals surface area (Å²) in [5.74, 6) is 0.658. The van der Waals surface area contributed by atoms with E-state index in [9.17, 15) is 0 Å². The van der Waals surface area contributed by atoms with Gasteiger partial charge in [0.15, 0.2) is 5.82 Å². The molecule has 0 unspecified atom stereocenters. The van der Waals surface area contributed by atoms with Crippen molar-refractivity contribution in [1.82, 2.24) is 10.2 Å². The molecule has 3 aromatic rings. The van der Waals surface area contributed by atoms with Crippen molar-refractivity contribution in [2.45, 2.75) is 0 Å². The number of hydrogen-bond donors (Lipinski definition) is 1. The van der Waals surface area contributed by atoms with Gasteiger partial charge in [0.2, 0.25) is 0 Å². The Bertz CT molecular complexity index is 702. The summed E-state index contributed by atoms with van der Waals surface area (Å²) >= 11 is 0. The fourth-order valence-corrected chi connectivity index (χ4v) is 1.82. The van der Waals surface area contributed by atoms with Gasteiger partial charge in [-0.25, -0.2) is 0 Å². The average molecular weight is 248 g/mol. The third kappa shape index (κ3) is 2.57. The molecule has 0 fully saturated rings. The van der Waals surface area contributed by atoms with E-state index in [1.165, 1.54) is 0 Å². The Labute approximate surface area is 110 Å². The van der Waals surface area contributed by atoms with E-state index in [4.69, 9.17) is 0 Å². The quantitative estimate of drug-likeness (QED) is 0.572. The monoisotopic (exact) mass is 248 g/mol. The molecule has 0 radical (unpaired) electrons. The summed E-state index contributed by atoms with van der Waals surface area (Å²) in [6.45, 7) is 0. The smallest absolute Gasteiger partial charge is 0.176 e. The van der Waals surface area contributed by atoms with Crippen LogP contribution < -0.4 is 5.43 Å². The number of hydrazone groups is 1. The van der Waals surface area contributed by atoms with Crippen molar-refractivity contribution in [1.29, 1.82) is 0 Å². The summed E-state index contributed by atoms with van der Waals surface area (Å²) in [4.78, 5) is 0. The second-order valence-corrected chi connectivity index (χ2v) is 4.06. The molecule has 0 atom stereocenters. The highest BCUT2D eigenvalue weighted by molar-refractivity contribution is 5.91. The third-order valence-electron chi connectivity index (χ3n) is 2.75. The summed E-state index contributed by atoms with van der Waals surface area (Å²) < 4.78 is 0. The molecule has 2 aromatic carbocycles. The average Bonchev–Trinajstić information content (AvgIpc) is 2.49. The molecule has 0 amide bonds. The van der Waals surface area contributed by atoms with Crippen LogP contribution in [0.15, 0.2) is 65.9 Å². The van der Waals surface area contributed by atoms with Gasteiger partial charge in [-0.05, 0) is 5.56 Å². The molecule has 0 aliphatic heterocycles. The Morgan fingerprint density at radius 3 is 2.63 bits per heavy atom. The molecule has 4 heteroatoms. The van der Waals surface area contributed by atoms with Crippen LogP contribution in [0.4, 0.5) is 5.82 Å². The minimum atomic E-state index is 0.658. The van der Waals surface area contributed by atoms with Gasteiger partial charge >= 0.3 is 0 Å². The molecule has 3 rings (SSSR count). The maximum Gasteiger partial charge on any atom is 0.176 e. The Balaban J connectivity index is 1.84. The first-order valence-corrected chi connectivity index (χ1v) is 5.98. The lowest BCUT2D eigenvalue weighted by Gasteiger charge is -2.02. The number of aromatic nitrogens is 2. The summed E-state index contributed by atoms with van der Waals surface area (Å²) in [6.07, 6.45) is 3.49. The molecular weight excluding hydrogens is 236 g/mol. The first kappa shape index (κ1) is 11.3. The van der Waals surface area contributed by atoms with Gasteiger partial charge in [-0.3, -0.25) is 5.43 Å². The molecule has 0 aliphatic carbocycles. The highest BCUT2D eigenvalue weighted by Gasteiger charge is 2.00. The summed E-state index contributed by atoms with van der Waals surface area (Å²) in [7, 11) is 0. The summed E-state index contributed by atoms with van der Waals surface area (Å²) in [5.41, 5.74) is 3.96. The van der Waals surface area contributed by atoms with Crippen molar-refractivity contribution >= 4 is 22.8 Å². The number of rotatable bonds is 3. The van der Waals surface area contributed by atoms with Crippen molar-refractivity contribution in [3.63, 3.8) is 0 Å². The van der Waals surface area contributed by atoms with Crippen LogP contribution in [0, 0.1) is 0 Å². The molecule has 92 valence electrons. The van der Waals surface area contributed by atoms with Gasteiger partial charge in [0.25, 0.3) is 0 Å². The lowest BCUT2D eigenvalue weighted by atomic mass is 10.2. The van der Waals surface area contributed by atoms with Gasteiger partial charge < -0.3 is 0 Å². The zero-order chi connectivity index (χ0) is 12.9. The molecular formula is C15H12N4. The van der Waals surface area contributed by atoms with E-state index in [0.717, 1.165) is 16.3 Å². The third-order valence-corrected chi connectivity index (χ3v) is 2.75. The minimum absolute atomic E-state index is 0.658. The Morgan fingerprint density at radius 1 is 0.947 bits per heavy atom. The number of benzene rings is 2. The zero-order valence-electron chi connectivity index (χ0n) is 10.2. The van der Waals surface area contributed by atoms with Crippen LogP contribution in [-0.4, -0.2) is 16.4 Å². The van der Waals surface area contributed by atoms with Crippen LogP contribution in [0.3, 0.4) is 0 Å². The zero-order valence-corrected chi connectivity index (χ0v) is 10.2. The molecule has 4 nitrogen and oxygen atoms in total. The van der Waals surface area contributed by atoms with E-state index in [0.29, 0.717) is 5.82 Å². The largest absolute Gasteiger partial charge is 0.259 e. The molecule has 0 saturated heterocycles. The van der Waals surface area contributed by atoms with Crippen LogP contribution >= 0.6 is 0 Å². The standard InChI is InChI=1S/C15H12N4/c1-2-6-12(7-3-1)10-16-18-15-14-9-5-4-8-13(14)11-17-19-15/h1-11H,(H,18,19)/b16-10-. The molecule has 0 saturated carbocycles. The van der Waals surface area contributed by atoms with Crippen LogP contribution in [0.5, 0.6) is 0 Å². The SMILES string of the molecule is C(=N/Nc1nncc2ccccc12)/c1ccccc1. The first-order chi connectivity index (χ1) is 9.43. The Morgan fingerprint density at radius 2 is 1.74 bits per heavy atom. The molecule has 1 N–H and O–H groups in total. The Hall–Kier alpha value is -2.75. The number of fused-ring (bicyclic) bond motifs is 1. The van der Waals surface area contributed by atoms with Crippen molar-refractivity contribution < 1.29 is 0 Å². The molecule has 19 heavy (non-hydrogen) atoms. The number of anilines is 1. The lowest BCUT2D eigenvalue weighted by Crippen LogP contribution is -1.96. The normalized spacial score (nSPS) is 10.9. The van der Waals surface area contributed by atoms with E-state index >= 15 is 0 Å². The van der Waals surface area contributed by atoms with E-state index in [-0.39, 0.29) is 0 Å².